The third kappa shape index (κ3) is 4.23. The number of ether oxygens (including phenoxy) is 1. The molecule has 2 aromatic rings. The SMILES string of the molecule is COc1ccccc1CNC(=O)Nc1ccc(C(N)=O)c(C)c1. The average molecular weight is 313 g/mol. The first-order valence-corrected chi connectivity index (χ1v) is 7.08. The Hall–Kier alpha value is -3.02. The van der Waals surface area contributed by atoms with Gasteiger partial charge in [0.05, 0.1) is 7.11 Å². The van der Waals surface area contributed by atoms with Crippen molar-refractivity contribution >= 4 is 17.6 Å². The maximum atomic E-state index is 12.0. The van der Waals surface area contributed by atoms with Gasteiger partial charge in [0.15, 0.2) is 0 Å². The molecule has 0 fully saturated rings. The molecule has 0 aliphatic rings. The van der Waals surface area contributed by atoms with Crippen LogP contribution >= 0.6 is 0 Å². The molecule has 0 saturated heterocycles. The molecule has 2 aromatic carbocycles. The minimum absolute atomic E-state index is 0.341. The first kappa shape index (κ1) is 16.4. The van der Waals surface area contributed by atoms with Crippen molar-refractivity contribution in [1.29, 1.82) is 0 Å². The topological polar surface area (TPSA) is 93.4 Å². The second kappa shape index (κ2) is 7.31. The van der Waals surface area contributed by atoms with Crippen LogP contribution in [-0.4, -0.2) is 19.0 Å². The summed E-state index contributed by atoms with van der Waals surface area (Å²) in [6.07, 6.45) is 0. The fourth-order valence-electron chi connectivity index (χ4n) is 2.22. The molecule has 6 heteroatoms. The van der Waals surface area contributed by atoms with Crippen molar-refractivity contribution in [3.05, 3.63) is 59.2 Å². The standard InChI is InChI=1S/C17H19N3O3/c1-11-9-13(7-8-14(11)16(18)21)20-17(22)19-10-12-5-3-4-6-15(12)23-2/h3-9H,10H2,1-2H3,(H2,18,21)(H2,19,20,22). The Morgan fingerprint density at radius 3 is 2.57 bits per heavy atom. The smallest absolute Gasteiger partial charge is 0.319 e. The van der Waals surface area contributed by atoms with Gasteiger partial charge in [0.1, 0.15) is 5.75 Å². The van der Waals surface area contributed by atoms with Gasteiger partial charge < -0.3 is 21.1 Å². The molecule has 6 nitrogen and oxygen atoms in total. The van der Waals surface area contributed by atoms with Gasteiger partial charge in [-0.25, -0.2) is 4.79 Å². The minimum atomic E-state index is -0.491. The molecule has 0 spiro atoms. The monoisotopic (exact) mass is 313 g/mol. The number of amides is 3. The largest absolute Gasteiger partial charge is 0.496 e. The van der Waals surface area contributed by atoms with Crippen molar-refractivity contribution in [2.45, 2.75) is 13.5 Å². The van der Waals surface area contributed by atoms with Gasteiger partial charge in [-0.05, 0) is 36.8 Å². The predicted molar refractivity (Wildman–Crippen MR) is 88.5 cm³/mol. The molecular formula is C17H19N3O3. The molecule has 0 heterocycles. The van der Waals surface area contributed by atoms with Crippen LogP contribution in [0.4, 0.5) is 10.5 Å². The molecule has 2 rings (SSSR count). The van der Waals surface area contributed by atoms with Crippen LogP contribution in [-0.2, 0) is 6.54 Å². The maximum Gasteiger partial charge on any atom is 0.319 e. The second-order valence-corrected chi connectivity index (χ2v) is 5.01. The number of hydrogen-bond acceptors (Lipinski definition) is 3. The summed E-state index contributed by atoms with van der Waals surface area (Å²) < 4.78 is 5.23. The first-order valence-electron chi connectivity index (χ1n) is 7.08. The average Bonchev–Trinajstić information content (AvgIpc) is 2.53. The lowest BCUT2D eigenvalue weighted by atomic mass is 10.1. The Labute approximate surface area is 134 Å². The lowest BCUT2D eigenvalue weighted by Crippen LogP contribution is -2.28. The van der Waals surface area contributed by atoms with E-state index >= 15 is 0 Å². The summed E-state index contributed by atoms with van der Waals surface area (Å²) in [6.45, 7) is 2.10. The van der Waals surface area contributed by atoms with Gasteiger partial charge in [0.2, 0.25) is 5.91 Å². The number of para-hydroxylation sites is 1. The molecule has 23 heavy (non-hydrogen) atoms. The molecule has 0 radical (unpaired) electrons. The highest BCUT2D eigenvalue weighted by atomic mass is 16.5. The number of rotatable bonds is 5. The molecule has 120 valence electrons. The van der Waals surface area contributed by atoms with Gasteiger partial charge in [-0.15, -0.1) is 0 Å². The third-order valence-corrected chi connectivity index (χ3v) is 3.38. The first-order chi connectivity index (χ1) is 11.0. The van der Waals surface area contributed by atoms with Crippen LogP contribution in [0.5, 0.6) is 5.75 Å². The van der Waals surface area contributed by atoms with E-state index in [0.29, 0.717) is 23.4 Å². The Morgan fingerprint density at radius 1 is 1.17 bits per heavy atom. The van der Waals surface area contributed by atoms with Gasteiger partial charge >= 0.3 is 6.03 Å². The van der Waals surface area contributed by atoms with Crippen molar-refractivity contribution in [3.63, 3.8) is 0 Å². The van der Waals surface area contributed by atoms with Crippen LogP contribution < -0.4 is 21.1 Å². The highest BCUT2D eigenvalue weighted by Gasteiger charge is 2.08. The predicted octanol–water partition coefficient (Wildman–Crippen LogP) is 2.42. The van der Waals surface area contributed by atoms with Crippen molar-refractivity contribution in [3.8, 4) is 5.75 Å². The lowest BCUT2D eigenvalue weighted by Gasteiger charge is -2.11. The summed E-state index contributed by atoms with van der Waals surface area (Å²) in [6, 6.07) is 12.0. The Kier molecular flexibility index (Phi) is 5.19. The van der Waals surface area contributed by atoms with Gasteiger partial charge in [-0.3, -0.25) is 4.79 Å². The maximum absolute atomic E-state index is 12.0. The van der Waals surface area contributed by atoms with Crippen molar-refractivity contribution in [1.82, 2.24) is 5.32 Å². The fourth-order valence-corrected chi connectivity index (χ4v) is 2.22. The molecule has 4 N–H and O–H groups in total. The fraction of sp³-hybridized carbons (Fsp3) is 0.176. The molecule has 3 amide bonds. The molecule has 0 aliphatic heterocycles. The molecule has 0 aliphatic carbocycles. The van der Waals surface area contributed by atoms with Gasteiger partial charge in [0, 0.05) is 23.4 Å². The zero-order valence-electron chi connectivity index (χ0n) is 13.1. The number of primary amides is 1. The number of nitrogens with two attached hydrogens (primary N) is 1. The van der Waals surface area contributed by atoms with E-state index in [9.17, 15) is 9.59 Å². The van der Waals surface area contributed by atoms with Crippen LogP contribution in [0.1, 0.15) is 21.5 Å². The Morgan fingerprint density at radius 2 is 1.91 bits per heavy atom. The number of carbonyl (C=O) groups excluding carboxylic acids is 2. The van der Waals surface area contributed by atoms with Gasteiger partial charge in [-0.1, -0.05) is 18.2 Å². The number of nitrogens with one attached hydrogen (secondary N) is 2. The molecule has 0 saturated carbocycles. The van der Waals surface area contributed by atoms with E-state index in [-0.39, 0.29) is 6.03 Å². The number of urea groups is 1. The van der Waals surface area contributed by atoms with E-state index in [2.05, 4.69) is 10.6 Å². The van der Waals surface area contributed by atoms with E-state index in [1.165, 1.54) is 0 Å². The van der Waals surface area contributed by atoms with Crippen LogP contribution in [0.2, 0.25) is 0 Å². The number of methoxy groups -OCH3 is 1. The summed E-state index contributed by atoms with van der Waals surface area (Å²) in [5.74, 6) is 0.226. The molecular weight excluding hydrogens is 294 g/mol. The number of aryl methyl sites for hydroxylation is 1. The second-order valence-electron chi connectivity index (χ2n) is 5.01. The Balaban J connectivity index is 1.97. The van der Waals surface area contributed by atoms with E-state index in [1.807, 2.05) is 24.3 Å². The van der Waals surface area contributed by atoms with Crippen LogP contribution in [0.25, 0.3) is 0 Å². The normalized spacial score (nSPS) is 10.0. The van der Waals surface area contributed by atoms with Crippen LogP contribution in [0.3, 0.4) is 0 Å². The van der Waals surface area contributed by atoms with Gasteiger partial charge in [-0.2, -0.15) is 0 Å². The summed E-state index contributed by atoms with van der Waals surface area (Å²) in [5, 5.41) is 5.47. The molecule has 0 atom stereocenters. The van der Waals surface area contributed by atoms with E-state index < -0.39 is 5.91 Å². The van der Waals surface area contributed by atoms with Crippen LogP contribution in [0, 0.1) is 6.92 Å². The highest BCUT2D eigenvalue weighted by Crippen LogP contribution is 2.17. The molecule has 0 bridgehead atoms. The lowest BCUT2D eigenvalue weighted by molar-refractivity contribution is 0.0999. The number of carbonyl (C=O) groups is 2. The zero-order valence-corrected chi connectivity index (χ0v) is 13.1. The van der Waals surface area contributed by atoms with Crippen molar-refractivity contribution < 1.29 is 14.3 Å². The van der Waals surface area contributed by atoms with Crippen LogP contribution in [0.15, 0.2) is 42.5 Å². The van der Waals surface area contributed by atoms with E-state index in [0.717, 1.165) is 11.3 Å². The van der Waals surface area contributed by atoms with Crippen molar-refractivity contribution in [2.75, 3.05) is 12.4 Å². The molecule has 0 unspecified atom stereocenters. The summed E-state index contributed by atoms with van der Waals surface area (Å²) in [7, 11) is 1.59. The number of benzene rings is 2. The van der Waals surface area contributed by atoms with E-state index in [4.69, 9.17) is 10.5 Å². The quantitative estimate of drug-likeness (QED) is 0.791. The number of hydrogen-bond donors (Lipinski definition) is 3. The molecule has 0 aromatic heterocycles. The number of anilines is 1. The summed E-state index contributed by atoms with van der Waals surface area (Å²) in [5.41, 5.74) is 7.87. The summed E-state index contributed by atoms with van der Waals surface area (Å²) in [4.78, 5) is 23.1. The third-order valence-electron chi connectivity index (χ3n) is 3.38. The van der Waals surface area contributed by atoms with Gasteiger partial charge in [0.25, 0.3) is 0 Å². The zero-order chi connectivity index (χ0) is 16.8. The van der Waals surface area contributed by atoms with Crippen molar-refractivity contribution in [2.24, 2.45) is 5.73 Å². The summed E-state index contributed by atoms with van der Waals surface area (Å²) >= 11 is 0. The minimum Gasteiger partial charge on any atom is -0.496 e. The Bertz CT molecular complexity index is 729. The van der Waals surface area contributed by atoms with E-state index in [1.54, 1.807) is 32.2 Å². The highest BCUT2D eigenvalue weighted by molar-refractivity contribution is 5.95.